The standard InChI is InChI=1S/C16H11Cl3N2O2S/c17-10-4-6-11(7-5-10)22-8-15-20-21-16(23-15)24-9-12-13(18)2-1-3-14(12)19/h1-7H,8-9H2. The highest BCUT2D eigenvalue weighted by atomic mass is 35.5. The summed E-state index contributed by atoms with van der Waals surface area (Å²) >= 11 is 19.5. The molecule has 0 radical (unpaired) electrons. The molecule has 24 heavy (non-hydrogen) atoms. The first-order valence-electron chi connectivity index (χ1n) is 6.88. The van der Waals surface area contributed by atoms with Crippen LogP contribution in [0, 0.1) is 0 Å². The van der Waals surface area contributed by atoms with Crippen LogP contribution in [0.4, 0.5) is 0 Å². The molecule has 0 fully saturated rings. The highest BCUT2D eigenvalue weighted by Gasteiger charge is 2.11. The summed E-state index contributed by atoms with van der Waals surface area (Å²) in [5.41, 5.74) is 0.836. The summed E-state index contributed by atoms with van der Waals surface area (Å²) in [6.45, 7) is 0.183. The molecule has 1 heterocycles. The van der Waals surface area contributed by atoms with E-state index < -0.39 is 0 Å². The van der Waals surface area contributed by atoms with E-state index >= 15 is 0 Å². The third-order valence-corrected chi connectivity index (χ3v) is 4.83. The number of ether oxygens (including phenoxy) is 1. The molecule has 0 aliphatic carbocycles. The van der Waals surface area contributed by atoms with E-state index in [9.17, 15) is 0 Å². The highest BCUT2D eigenvalue weighted by Crippen LogP contribution is 2.31. The van der Waals surface area contributed by atoms with Crippen LogP contribution in [0.3, 0.4) is 0 Å². The van der Waals surface area contributed by atoms with E-state index in [4.69, 9.17) is 44.0 Å². The molecule has 0 saturated carbocycles. The molecule has 0 bridgehead atoms. The third kappa shape index (κ3) is 4.57. The number of rotatable bonds is 6. The van der Waals surface area contributed by atoms with Gasteiger partial charge in [-0.25, -0.2) is 0 Å². The average Bonchev–Trinajstić information content (AvgIpc) is 3.02. The van der Waals surface area contributed by atoms with Crippen LogP contribution in [-0.4, -0.2) is 10.2 Å². The number of aromatic nitrogens is 2. The van der Waals surface area contributed by atoms with Crippen LogP contribution in [0.15, 0.2) is 52.1 Å². The first-order chi connectivity index (χ1) is 11.6. The molecule has 0 spiro atoms. The van der Waals surface area contributed by atoms with Gasteiger partial charge in [-0.2, -0.15) is 0 Å². The molecule has 3 rings (SSSR count). The Morgan fingerprint density at radius 3 is 2.38 bits per heavy atom. The average molecular weight is 402 g/mol. The van der Waals surface area contributed by atoms with E-state index in [1.807, 2.05) is 0 Å². The Morgan fingerprint density at radius 2 is 1.67 bits per heavy atom. The summed E-state index contributed by atoms with van der Waals surface area (Å²) in [5.74, 6) is 1.60. The summed E-state index contributed by atoms with van der Waals surface area (Å²) in [5, 5.41) is 10.2. The van der Waals surface area contributed by atoms with Gasteiger partial charge in [0.25, 0.3) is 11.1 Å². The van der Waals surface area contributed by atoms with Crippen molar-refractivity contribution in [3.05, 3.63) is 69.0 Å². The van der Waals surface area contributed by atoms with Crippen LogP contribution in [0.2, 0.25) is 15.1 Å². The predicted molar refractivity (Wildman–Crippen MR) is 96.1 cm³/mol. The van der Waals surface area contributed by atoms with Gasteiger partial charge in [0, 0.05) is 20.8 Å². The minimum atomic E-state index is 0.183. The largest absolute Gasteiger partial charge is 0.484 e. The van der Waals surface area contributed by atoms with Crippen molar-refractivity contribution >= 4 is 46.6 Å². The van der Waals surface area contributed by atoms with Crippen molar-refractivity contribution in [1.29, 1.82) is 0 Å². The molecular weight excluding hydrogens is 391 g/mol. The zero-order chi connectivity index (χ0) is 16.9. The molecule has 0 N–H and O–H groups in total. The van der Waals surface area contributed by atoms with E-state index in [1.165, 1.54) is 11.8 Å². The Bertz CT molecular complexity index is 804. The molecule has 124 valence electrons. The van der Waals surface area contributed by atoms with E-state index in [1.54, 1.807) is 42.5 Å². The first-order valence-corrected chi connectivity index (χ1v) is 9.00. The third-order valence-electron chi connectivity index (χ3n) is 3.03. The van der Waals surface area contributed by atoms with E-state index in [0.29, 0.717) is 37.7 Å². The van der Waals surface area contributed by atoms with Crippen LogP contribution in [0.1, 0.15) is 11.5 Å². The van der Waals surface area contributed by atoms with Gasteiger partial charge in [0.05, 0.1) is 0 Å². The molecule has 0 saturated heterocycles. The molecule has 8 heteroatoms. The summed E-state index contributed by atoms with van der Waals surface area (Å²) in [7, 11) is 0. The molecule has 1 aromatic heterocycles. The zero-order valence-corrected chi connectivity index (χ0v) is 15.3. The Balaban J connectivity index is 1.56. The molecule has 4 nitrogen and oxygen atoms in total. The fourth-order valence-electron chi connectivity index (χ4n) is 1.83. The molecule has 0 atom stereocenters. The Morgan fingerprint density at radius 1 is 0.958 bits per heavy atom. The molecule has 0 aliphatic heterocycles. The lowest BCUT2D eigenvalue weighted by molar-refractivity contribution is 0.252. The van der Waals surface area contributed by atoms with E-state index in [2.05, 4.69) is 10.2 Å². The molecular formula is C16H11Cl3N2O2S. The van der Waals surface area contributed by atoms with Crippen LogP contribution in [0.5, 0.6) is 5.75 Å². The van der Waals surface area contributed by atoms with Gasteiger partial charge in [-0.15, -0.1) is 10.2 Å². The van der Waals surface area contributed by atoms with Crippen molar-refractivity contribution in [3.8, 4) is 5.75 Å². The topological polar surface area (TPSA) is 48.2 Å². The molecule has 3 aromatic rings. The number of thioether (sulfide) groups is 1. The molecule has 0 amide bonds. The Kier molecular flexibility index (Phi) is 5.89. The van der Waals surface area contributed by atoms with Crippen molar-refractivity contribution in [1.82, 2.24) is 10.2 Å². The van der Waals surface area contributed by atoms with E-state index in [-0.39, 0.29) is 6.61 Å². The second-order valence-corrected chi connectivity index (χ2v) is 6.87. The first kappa shape index (κ1) is 17.4. The van der Waals surface area contributed by atoms with Crippen molar-refractivity contribution in [2.24, 2.45) is 0 Å². The van der Waals surface area contributed by atoms with Gasteiger partial charge < -0.3 is 9.15 Å². The molecule has 2 aromatic carbocycles. The number of benzene rings is 2. The maximum Gasteiger partial charge on any atom is 0.277 e. The van der Waals surface area contributed by atoms with Crippen LogP contribution in [-0.2, 0) is 12.4 Å². The number of hydrogen-bond acceptors (Lipinski definition) is 5. The summed E-state index contributed by atoms with van der Waals surface area (Å²) < 4.78 is 11.1. The normalized spacial score (nSPS) is 10.8. The lowest BCUT2D eigenvalue weighted by Gasteiger charge is -2.04. The van der Waals surface area contributed by atoms with Gasteiger partial charge in [-0.3, -0.25) is 0 Å². The summed E-state index contributed by atoms with van der Waals surface area (Å²) in [4.78, 5) is 0. The summed E-state index contributed by atoms with van der Waals surface area (Å²) in [6.07, 6.45) is 0. The fraction of sp³-hybridized carbons (Fsp3) is 0.125. The maximum absolute atomic E-state index is 6.14. The Labute approximate surface area is 158 Å². The Hall–Kier alpha value is -1.40. The summed E-state index contributed by atoms with van der Waals surface area (Å²) in [6, 6.07) is 12.4. The lowest BCUT2D eigenvalue weighted by Crippen LogP contribution is -1.95. The maximum atomic E-state index is 6.14. The van der Waals surface area contributed by atoms with Crippen molar-refractivity contribution < 1.29 is 9.15 Å². The van der Waals surface area contributed by atoms with Crippen molar-refractivity contribution in [2.75, 3.05) is 0 Å². The fourth-order valence-corrected chi connectivity index (χ4v) is 3.48. The molecule has 0 unspecified atom stereocenters. The monoisotopic (exact) mass is 400 g/mol. The second-order valence-electron chi connectivity index (χ2n) is 4.69. The van der Waals surface area contributed by atoms with Crippen molar-refractivity contribution in [2.45, 2.75) is 17.6 Å². The smallest absolute Gasteiger partial charge is 0.277 e. The number of hydrogen-bond donors (Lipinski definition) is 0. The second kappa shape index (κ2) is 8.12. The van der Waals surface area contributed by atoms with Gasteiger partial charge in [0.15, 0.2) is 6.61 Å². The van der Waals surface area contributed by atoms with Crippen LogP contribution in [0.25, 0.3) is 0 Å². The SMILES string of the molecule is Clc1ccc(OCc2nnc(SCc3c(Cl)cccc3Cl)o2)cc1. The number of halogens is 3. The van der Waals surface area contributed by atoms with Crippen LogP contribution >= 0.6 is 46.6 Å². The van der Waals surface area contributed by atoms with Gasteiger partial charge in [-0.05, 0) is 42.0 Å². The minimum absolute atomic E-state index is 0.183. The zero-order valence-electron chi connectivity index (χ0n) is 12.2. The van der Waals surface area contributed by atoms with E-state index in [0.717, 1.165) is 5.56 Å². The lowest BCUT2D eigenvalue weighted by atomic mass is 10.2. The van der Waals surface area contributed by atoms with Crippen LogP contribution < -0.4 is 4.74 Å². The quantitative estimate of drug-likeness (QED) is 0.481. The highest BCUT2D eigenvalue weighted by molar-refractivity contribution is 7.98. The van der Waals surface area contributed by atoms with Crippen molar-refractivity contribution in [3.63, 3.8) is 0 Å². The predicted octanol–water partition coefficient (Wildman–Crippen LogP) is 5.90. The number of nitrogens with zero attached hydrogens (tertiary/aromatic N) is 2. The molecule has 0 aliphatic rings. The van der Waals surface area contributed by atoms with Gasteiger partial charge in [0.2, 0.25) is 0 Å². The van der Waals surface area contributed by atoms with Gasteiger partial charge in [0.1, 0.15) is 5.75 Å². The van der Waals surface area contributed by atoms with Gasteiger partial charge >= 0.3 is 0 Å². The van der Waals surface area contributed by atoms with Gasteiger partial charge in [-0.1, -0.05) is 52.6 Å². The minimum Gasteiger partial charge on any atom is -0.484 e.